The standard InChI is InChI=1S/C7H8BrNOS2/c1-4-6(5(10)3-8)12-7(9-4)11-2/h3H2,1-2H3. The van der Waals surface area contributed by atoms with Crippen LogP contribution in [0.25, 0.3) is 0 Å². The molecular weight excluding hydrogens is 258 g/mol. The lowest BCUT2D eigenvalue weighted by molar-refractivity contribution is 0.102. The van der Waals surface area contributed by atoms with Crippen molar-refractivity contribution in [3.05, 3.63) is 10.6 Å². The molecule has 0 aliphatic rings. The van der Waals surface area contributed by atoms with Gasteiger partial charge in [-0.1, -0.05) is 27.7 Å². The lowest BCUT2D eigenvalue weighted by Gasteiger charge is -1.89. The molecule has 66 valence electrons. The summed E-state index contributed by atoms with van der Waals surface area (Å²) in [5, 5.41) is 0.379. The van der Waals surface area contributed by atoms with Crippen LogP contribution in [0.4, 0.5) is 0 Å². The fraction of sp³-hybridized carbons (Fsp3) is 0.429. The molecule has 0 atom stereocenters. The Morgan fingerprint density at radius 1 is 1.75 bits per heavy atom. The van der Waals surface area contributed by atoms with Gasteiger partial charge in [-0.05, 0) is 13.2 Å². The molecule has 0 saturated heterocycles. The van der Waals surface area contributed by atoms with E-state index in [0.717, 1.165) is 14.9 Å². The number of rotatable bonds is 3. The van der Waals surface area contributed by atoms with E-state index in [1.54, 1.807) is 11.8 Å². The number of Topliss-reactive ketones (excluding diaryl/α,β-unsaturated/α-hetero) is 1. The van der Waals surface area contributed by atoms with Gasteiger partial charge >= 0.3 is 0 Å². The van der Waals surface area contributed by atoms with E-state index in [2.05, 4.69) is 20.9 Å². The van der Waals surface area contributed by atoms with Gasteiger partial charge in [0.05, 0.1) is 15.9 Å². The van der Waals surface area contributed by atoms with Crippen LogP contribution in [0.1, 0.15) is 15.4 Å². The molecule has 0 saturated carbocycles. The van der Waals surface area contributed by atoms with E-state index in [-0.39, 0.29) is 5.78 Å². The van der Waals surface area contributed by atoms with Crippen molar-refractivity contribution in [2.45, 2.75) is 11.3 Å². The van der Waals surface area contributed by atoms with Crippen LogP contribution in [0.5, 0.6) is 0 Å². The Labute approximate surface area is 87.9 Å². The van der Waals surface area contributed by atoms with Crippen LogP contribution < -0.4 is 0 Å². The van der Waals surface area contributed by atoms with E-state index < -0.39 is 0 Å². The highest BCUT2D eigenvalue weighted by atomic mass is 79.9. The van der Waals surface area contributed by atoms with Gasteiger partial charge in [0.1, 0.15) is 0 Å². The van der Waals surface area contributed by atoms with E-state index in [1.807, 2.05) is 13.2 Å². The molecule has 0 N–H and O–H groups in total. The first-order chi connectivity index (χ1) is 5.69. The van der Waals surface area contributed by atoms with Crippen molar-refractivity contribution < 1.29 is 4.79 Å². The van der Waals surface area contributed by atoms with E-state index in [9.17, 15) is 4.79 Å². The molecule has 0 aromatic carbocycles. The van der Waals surface area contributed by atoms with Gasteiger partial charge in [-0.2, -0.15) is 0 Å². The van der Waals surface area contributed by atoms with Crippen LogP contribution in [-0.2, 0) is 0 Å². The summed E-state index contributed by atoms with van der Waals surface area (Å²) in [7, 11) is 0. The van der Waals surface area contributed by atoms with E-state index in [0.29, 0.717) is 5.33 Å². The molecule has 0 fully saturated rings. The van der Waals surface area contributed by atoms with Gasteiger partial charge in [0.2, 0.25) is 0 Å². The van der Waals surface area contributed by atoms with Gasteiger partial charge in [-0.3, -0.25) is 4.79 Å². The third-order valence-electron chi connectivity index (χ3n) is 1.33. The van der Waals surface area contributed by atoms with Gasteiger partial charge < -0.3 is 0 Å². The highest BCUT2D eigenvalue weighted by Gasteiger charge is 2.12. The number of carbonyl (C=O) groups is 1. The molecule has 0 unspecified atom stereocenters. The molecule has 2 nitrogen and oxygen atoms in total. The summed E-state index contributed by atoms with van der Waals surface area (Å²) in [6.07, 6.45) is 1.96. The fourth-order valence-corrected chi connectivity index (χ4v) is 2.79. The first-order valence-electron chi connectivity index (χ1n) is 3.29. The molecule has 5 heteroatoms. The normalized spacial score (nSPS) is 10.2. The summed E-state index contributed by atoms with van der Waals surface area (Å²) in [5.41, 5.74) is 0.841. The van der Waals surface area contributed by atoms with Gasteiger partial charge in [-0.15, -0.1) is 11.3 Å². The number of thiazole rings is 1. The molecule has 0 bridgehead atoms. The molecule has 1 rings (SSSR count). The van der Waals surface area contributed by atoms with Crippen LogP contribution >= 0.6 is 39.0 Å². The Morgan fingerprint density at radius 3 is 2.83 bits per heavy atom. The molecule has 0 radical (unpaired) electrons. The number of aryl methyl sites for hydroxylation is 1. The van der Waals surface area contributed by atoms with Crippen LogP contribution in [0.15, 0.2) is 4.34 Å². The van der Waals surface area contributed by atoms with Gasteiger partial charge in [-0.25, -0.2) is 4.98 Å². The number of nitrogens with zero attached hydrogens (tertiary/aromatic N) is 1. The highest BCUT2D eigenvalue weighted by molar-refractivity contribution is 9.09. The van der Waals surface area contributed by atoms with Gasteiger partial charge in [0, 0.05) is 0 Å². The SMILES string of the molecule is CSc1nc(C)c(C(=O)CBr)s1. The highest BCUT2D eigenvalue weighted by Crippen LogP contribution is 2.25. The molecule has 1 aromatic rings. The summed E-state index contributed by atoms with van der Waals surface area (Å²) in [6.45, 7) is 1.87. The minimum Gasteiger partial charge on any atom is -0.292 e. The maximum absolute atomic E-state index is 11.3. The number of alkyl halides is 1. The monoisotopic (exact) mass is 265 g/mol. The number of thioether (sulfide) groups is 1. The molecule has 0 aliphatic heterocycles. The molecule has 12 heavy (non-hydrogen) atoms. The maximum atomic E-state index is 11.3. The molecule has 0 amide bonds. The van der Waals surface area contributed by atoms with Crippen molar-refractivity contribution in [2.75, 3.05) is 11.6 Å². The largest absolute Gasteiger partial charge is 0.292 e. The van der Waals surface area contributed by atoms with Gasteiger partial charge in [0.15, 0.2) is 10.1 Å². The van der Waals surface area contributed by atoms with Crippen LogP contribution in [0.2, 0.25) is 0 Å². The first kappa shape index (κ1) is 10.2. The topological polar surface area (TPSA) is 30.0 Å². The second kappa shape index (κ2) is 4.39. The second-order valence-corrected chi connectivity index (χ2v) is 4.77. The van der Waals surface area contributed by atoms with Crippen LogP contribution in [0, 0.1) is 6.92 Å². The van der Waals surface area contributed by atoms with E-state index in [1.165, 1.54) is 11.3 Å². The van der Waals surface area contributed by atoms with Crippen LogP contribution in [0.3, 0.4) is 0 Å². The number of hydrogen-bond donors (Lipinski definition) is 0. The quantitative estimate of drug-likeness (QED) is 0.478. The minimum absolute atomic E-state index is 0.116. The number of halogens is 1. The third-order valence-corrected chi connectivity index (χ3v) is 4.02. The number of carbonyl (C=O) groups excluding carboxylic acids is 1. The van der Waals surface area contributed by atoms with Crippen molar-refractivity contribution in [1.29, 1.82) is 0 Å². The van der Waals surface area contributed by atoms with Crippen molar-refractivity contribution >= 4 is 44.8 Å². The summed E-state index contributed by atoms with van der Waals surface area (Å²) < 4.78 is 0.955. The average molecular weight is 266 g/mol. The zero-order valence-electron chi connectivity index (χ0n) is 6.76. The molecule has 1 aromatic heterocycles. The van der Waals surface area contributed by atoms with Crippen molar-refractivity contribution in [2.24, 2.45) is 0 Å². The Morgan fingerprint density at radius 2 is 2.42 bits per heavy atom. The first-order valence-corrected chi connectivity index (χ1v) is 6.46. The zero-order valence-corrected chi connectivity index (χ0v) is 9.98. The predicted octanol–water partition coefficient (Wildman–Crippen LogP) is 2.75. The number of hydrogen-bond acceptors (Lipinski definition) is 4. The Balaban J connectivity index is 2.99. The summed E-state index contributed by atoms with van der Waals surface area (Å²) in [6, 6.07) is 0. The summed E-state index contributed by atoms with van der Waals surface area (Å²) in [4.78, 5) is 16.3. The lowest BCUT2D eigenvalue weighted by Crippen LogP contribution is -1.98. The van der Waals surface area contributed by atoms with Crippen molar-refractivity contribution in [1.82, 2.24) is 4.98 Å². The van der Waals surface area contributed by atoms with Crippen LogP contribution in [-0.4, -0.2) is 22.4 Å². The maximum Gasteiger partial charge on any atom is 0.185 e. The Kier molecular flexibility index (Phi) is 3.74. The van der Waals surface area contributed by atoms with Gasteiger partial charge in [0.25, 0.3) is 0 Å². The molecular formula is C7H8BrNOS2. The number of aromatic nitrogens is 1. The Bertz CT molecular complexity index is 298. The molecule has 0 aliphatic carbocycles. The van der Waals surface area contributed by atoms with Crippen molar-refractivity contribution in [3.63, 3.8) is 0 Å². The lowest BCUT2D eigenvalue weighted by atomic mass is 10.3. The van der Waals surface area contributed by atoms with E-state index >= 15 is 0 Å². The third kappa shape index (κ3) is 2.08. The zero-order chi connectivity index (χ0) is 9.14. The van der Waals surface area contributed by atoms with E-state index in [4.69, 9.17) is 0 Å². The molecule has 0 spiro atoms. The second-order valence-electron chi connectivity index (χ2n) is 2.16. The smallest absolute Gasteiger partial charge is 0.185 e. The van der Waals surface area contributed by atoms with Crippen molar-refractivity contribution in [3.8, 4) is 0 Å². The Hall–Kier alpha value is 0.130. The molecule has 1 heterocycles. The summed E-state index contributed by atoms with van der Waals surface area (Å²) >= 11 is 6.18. The fourth-order valence-electron chi connectivity index (χ4n) is 0.778. The number of ketones is 1. The predicted molar refractivity (Wildman–Crippen MR) is 56.8 cm³/mol. The summed E-state index contributed by atoms with van der Waals surface area (Å²) in [5.74, 6) is 0.116. The minimum atomic E-state index is 0.116. The average Bonchev–Trinajstić information content (AvgIpc) is 2.45.